The molecule has 0 radical (unpaired) electrons. The third kappa shape index (κ3) is 2.45. The van der Waals surface area contributed by atoms with Gasteiger partial charge in [0.25, 0.3) is 0 Å². The van der Waals surface area contributed by atoms with Crippen LogP contribution in [-0.4, -0.2) is 22.9 Å². The van der Waals surface area contributed by atoms with Gasteiger partial charge in [-0.05, 0) is 23.3 Å². The van der Waals surface area contributed by atoms with Gasteiger partial charge in [0.1, 0.15) is 5.75 Å². The zero-order chi connectivity index (χ0) is 16.7. The van der Waals surface area contributed by atoms with E-state index < -0.39 is 6.10 Å². The van der Waals surface area contributed by atoms with Gasteiger partial charge >= 0.3 is 0 Å². The fourth-order valence-electron chi connectivity index (χ4n) is 3.68. The summed E-state index contributed by atoms with van der Waals surface area (Å²) in [6, 6.07) is 17.6. The Labute approximate surface area is 140 Å². The lowest BCUT2D eigenvalue weighted by Crippen LogP contribution is -2.38. The first-order valence-corrected chi connectivity index (χ1v) is 8.13. The maximum Gasteiger partial charge on any atom is 0.125 e. The van der Waals surface area contributed by atoms with Crippen molar-refractivity contribution in [3.05, 3.63) is 65.7 Å². The lowest BCUT2D eigenvalue weighted by atomic mass is 9.93. The lowest BCUT2D eigenvalue weighted by molar-refractivity contribution is 0.175. The van der Waals surface area contributed by atoms with Crippen LogP contribution < -0.4 is 10.6 Å². The average Bonchev–Trinajstić information content (AvgIpc) is 2.55. The Hall–Kier alpha value is -2.72. The minimum atomic E-state index is -0.421. The van der Waals surface area contributed by atoms with Crippen LogP contribution in [0.2, 0.25) is 0 Å². The van der Waals surface area contributed by atoms with E-state index in [1.807, 2.05) is 36.4 Å². The summed E-state index contributed by atoms with van der Waals surface area (Å²) >= 11 is 0. The largest absolute Gasteiger partial charge is 0.507 e. The lowest BCUT2D eigenvalue weighted by Gasteiger charge is -2.35. The van der Waals surface area contributed by atoms with Crippen molar-refractivity contribution in [1.82, 2.24) is 0 Å². The van der Waals surface area contributed by atoms with Crippen LogP contribution in [0.5, 0.6) is 5.75 Å². The summed E-state index contributed by atoms with van der Waals surface area (Å²) in [7, 11) is 0. The molecule has 0 aromatic heterocycles. The van der Waals surface area contributed by atoms with Crippen LogP contribution >= 0.6 is 0 Å². The van der Waals surface area contributed by atoms with Crippen LogP contribution in [0.25, 0.3) is 10.8 Å². The van der Waals surface area contributed by atoms with E-state index in [2.05, 4.69) is 17.0 Å². The number of hydrogen-bond donors (Lipinski definition) is 3. The van der Waals surface area contributed by atoms with Crippen LogP contribution in [0, 0.1) is 0 Å². The van der Waals surface area contributed by atoms with Crippen molar-refractivity contribution in [2.45, 2.75) is 19.1 Å². The Balaban J connectivity index is 1.89. The number of aliphatic hydroxyl groups excluding tert-OH is 1. The molecule has 1 aliphatic heterocycles. The summed E-state index contributed by atoms with van der Waals surface area (Å²) in [5.41, 5.74) is 9.99. The SMILES string of the molecule is Nc1cc2c(c3cccc(O)c13)N(Cc1ccccc1)CC(O)C2. The number of rotatable bonds is 2. The monoisotopic (exact) mass is 320 g/mol. The van der Waals surface area contributed by atoms with Gasteiger partial charge in [0.05, 0.1) is 6.10 Å². The molecule has 1 atom stereocenters. The van der Waals surface area contributed by atoms with E-state index in [-0.39, 0.29) is 5.75 Å². The Bertz CT molecular complexity index is 893. The van der Waals surface area contributed by atoms with Crippen LogP contribution in [0.3, 0.4) is 0 Å². The number of phenolic OH excluding ortho intramolecular Hbond substituents is 1. The van der Waals surface area contributed by atoms with Gasteiger partial charge in [-0.2, -0.15) is 0 Å². The zero-order valence-corrected chi connectivity index (χ0v) is 13.3. The maximum absolute atomic E-state index is 10.3. The Morgan fingerprint density at radius 2 is 1.88 bits per heavy atom. The number of fused-ring (bicyclic) bond motifs is 3. The van der Waals surface area contributed by atoms with Crippen molar-refractivity contribution in [3.63, 3.8) is 0 Å². The van der Waals surface area contributed by atoms with Gasteiger partial charge in [-0.1, -0.05) is 42.5 Å². The van der Waals surface area contributed by atoms with Crippen molar-refractivity contribution in [1.29, 1.82) is 0 Å². The Morgan fingerprint density at radius 1 is 1.08 bits per heavy atom. The highest BCUT2D eigenvalue weighted by Crippen LogP contribution is 2.41. The number of aromatic hydroxyl groups is 1. The molecule has 3 aromatic rings. The molecule has 4 rings (SSSR count). The molecule has 4 nitrogen and oxygen atoms in total. The van der Waals surface area contributed by atoms with E-state index in [0.717, 1.165) is 16.6 Å². The summed E-state index contributed by atoms with van der Waals surface area (Å²) in [4.78, 5) is 2.18. The van der Waals surface area contributed by atoms with Crippen LogP contribution in [0.15, 0.2) is 54.6 Å². The van der Waals surface area contributed by atoms with E-state index in [4.69, 9.17) is 5.73 Å². The first-order chi connectivity index (χ1) is 11.6. The number of hydrogen-bond acceptors (Lipinski definition) is 4. The molecular weight excluding hydrogens is 300 g/mol. The highest BCUT2D eigenvalue weighted by Gasteiger charge is 2.26. The molecule has 24 heavy (non-hydrogen) atoms. The summed E-state index contributed by atoms with van der Waals surface area (Å²) in [6.07, 6.45) is 0.159. The number of phenols is 1. The van der Waals surface area contributed by atoms with Gasteiger partial charge in [-0.25, -0.2) is 0 Å². The second kappa shape index (κ2) is 5.73. The standard InChI is InChI=1S/C20H20N2O2/c21-17-10-14-9-15(23)12-22(11-13-5-2-1-3-6-13)20(14)16-7-4-8-18(24)19(16)17/h1-8,10,15,23-24H,9,11-12,21H2. The molecule has 0 fully saturated rings. The van der Waals surface area contributed by atoms with Crippen molar-refractivity contribution in [2.75, 3.05) is 17.2 Å². The van der Waals surface area contributed by atoms with Gasteiger partial charge in [0.2, 0.25) is 0 Å². The highest BCUT2D eigenvalue weighted by molar-refractivity contribution is 6.06. The molecule has 0 saturated carbocycles. The third-order valence-corrected chi connectivity index (χ3v) is 4.64. The van der Waals surface area contributed by atoms with Gasteiger partial charge in [-0.15, -0.1) is 0 Å². The predicted octanol–water partition coefficient (Wildman–Crippen LogP) is 3.05. The Morgan fingerprint density at radius 3 is 2.67 bits per heavy atom. The predicted molar refractivity (Wildman–Crippen MR) is 97.2 cm³/mol. The topological polar surface area (TPSA) is 69.7 Å². The fraction of sp³-hybridized carbons (Fsp3) is 0.200. The first kappa shape index (κ1) is 14.8. The van der Waals surface area contributed by atoms with Gasteiger partial charge in [0.15, 0.2) is 0 Å². The molecule has 0 spiro atoms. The van der Waals surface area contributed by atoms with Crippen molar-refractivity contribution < 1.29 is 10.2 Å². The third-order valence-electron chi connectivity index (χ3n) is 4.64. The smallest absolute Gasteiger partial charge is 0.125 e. The maximum atomic E-state index is 10.3. The molecule has 1 heterocycles. The average molecular weight is 320 g/mol. The van der Waals surface area contributed by atoms with Crippen LogP contribution in [-0.2, 0) is 13.0 Å². The normalized spacial score (nSPS) is 17.0. The molecule has 3 aromatic carbocycles. The number of benzene rings is 3. The van der Waals surface area contributed by atoms with Gasteiger partial charge in [0, 0.05) is 41.7 Å². The molecule has 0 amide bonds. The number of nitrogens with zero attached hydrogens (tertiary/aromatic N) is 1. The zero-order valence-electron chi connectivity index (χ0n) is 13.3. The number of aliphatic hydroxyl groups is 1. The molecule has 1 unspecified atom stereocenters. The van der Waals surface area contributed by atoms with Crippen LogP contribution in [0.1, 0.15) is 11.1 Å². The molecule has 0 aliphatic carbocycles. The number of anilines is 2. The molecule has 0 bridgehead atoms. The molecule has 122 valence electrons. The second-order valence-electron chi connectivity index (χ2n) is 6.40. The molecule has 1 aliphatic rings. The van der Waals surface area contributed by atoms with Crippen molar-refractivity contribution in [3.8, 4) is 5.75 Å². The fourth-order valence-corrected chi connectivity index (χ4v) is 3.68. The second-order valence-corrected chi connectivity index (χ2v) is 6.40. The first-order valence-electron chi connectivity index (χ1n) is 8.13. The van der Waals surface area contributed by atoms with E-state index >= 15 is 0 Å². The number of nitrogen functional groups attached to an aromatic ring is 1. The molecular formula is C20H20N2O2. The van der Waals surface area contributed by atoms with E-state index in [0.29, 0.717) is 30.6 Å². The van der Waals surface area contributed by atoms with Gasteiger partial charge in [-0.3, -0.25) is 0 Å². The minimum absolute atomic E-state index is 0.193. The Kier molecular flexibility index (Phi) is 3.54. The van der Waals surface area contributed by atoms with E-state index in [9.17, 15) is 10.2 Å². The quantitative estimate of drug-likeness (QED) is 0.635. The van der Waals surface area contributed by atoms with Crippen molar-refractivity contribution >= 4 is 22.1 Å². The van der Waals surface area contributed by atoms with E-state index in [1.54, 1.807) is 6.07 Å². The summed E-state index contributed by atoms with van der Waals surface area (Å²) in [6.45, 7) is 1.27. The minimum Gasteiger partial charge on any atom is -0.507 e. The van der Waals surface area contributed by atoms with Gasteiger partial charge < -0.3 is 20.8 Å². The van der Waals surface area contributed by atoms with Crippen molar-refractivity contribution in [2.24, 2.45) is 0 Å². The molecule has 4 N–H and O–H groups in total. The number of nitrogens with two attached hydrogens (primary N) is 1. The molecule has 0 saturated heterocycles. The summed E-state index contributed by atoms with van der Waals surface area (Å²) < 4.78 is 0. The summed E-state index contributed by atoms with van der Waals surface area (Å²) in [5.74, 6) is 0.193. The van der Waals surface area contributed by atoms with Crippen LogP contribution in [0.4, 0.5) is 11.4 Å². The summed E-state index contributed by atoms with van der Waals surface area (Å²) in [5, 5.41) is 22.1. The van der Waals surface area contributed by atoms with E-state index in [1.165, 1.54) is 5.56 Å². The molecule has 4 heteroatoms. The number of β-amino-alcohol motifs (C(OH)–C–C–N with tert-alkyl or cyclic N) is 1. The highest BCUT2D eigenvalue weighted by atomic mass is 16.3.